The first-order chi connectivity index (χ1) is 20.1. The second kappa shape index (κ2) is 33.2. The molecule has 0 heterocycles. The van der Waals surface area contributed by atoms with Crippen molar-refractivity contribution in [3.63, 3.8) is 0 Å². The van der Waals surface area contributed by atoms with E-state index in [1.54, 1.807) is 0 Å². The van der Waals surface area contributed by atoms with Crippen LogP contribution in [-0.2, 0) is 14.3 Å². The minimum absolute atomic E-state index is 0.00502. The van der Waals surface area contributed by atoms with Gasteiger partial charge in [0.05, 0.1) is 0 Å². The normalized spacial score (nSPS) is 12.2. The molecule has 4 heteroatoms. The summed E-state index contributed by atoms with van der Waals surface area (Å²) in [5.74, 6) is -0.758. The molecule has 0 saturated carbocycles. The summed E-state index contributed by atoms with van der Waals surface area (Å²) in [7, 11) is 0. The number of rotatable bonds is 33. The van der Waals surface area contributed by atoms with Crippen LogP contribution in [0.1, 0.15) is 206 Å². The Morgan fingerprint density at radius 1 is 0.512 bits per heavy atom. The van der Waals surface area contributed by atoms with Crippen molar-refractivity contribution in [2.75, 3.05) is 0 Å². The van der Waals surface area contributed by atoms with Gasteiger partial charge < -0.3 is 9.84 Å². The van der Waals surface area contributed by atoms with Crippen LogP contribution in [0.5, 0.6) is 0 Å². The van der Waals surface area contributed by atoms with Crippen molar-refractivity contribution in [2.45, 2.75) is 213 Å². The van der Waals surface area contributed by atoms with E-state index in [1.165, 1.54) is 128 Å². The van der Waals surface area contributed by atoms with Gasteiger partial charge in [0.25, 0.3) is 0 Å². The molecule has 0 aromatic rings. The van der Waals surface area contributed by atoms with Crippen molar-refractivity contribution < 1.29 is 19.4 Å². The lowest BCUT2D eigenvalue weighted by Gasteiger charge is -2.18. The lowest BCUT2D eigenvalue weighted by atomic mass is 10.0. The second-order valence-corrected chi connectivity index (χ2v) is 12.4. The molecule has 0 aliphatic rings. The van der Waals surface area contributed by atoms with Gasteiger partial charge in [0.15, 0.2) is 0 Å². The molecule has 0 radical (unpaired) electrons. The second-order valence-electron chi connectivity index (χ2n) is 12.4. The van der Waals surface area contributed by atoms with Crippen molar-refractivity contribution >= 4 is 11.9 Å². The van der Waals surface area contributed by atoms with Crippen LogP contribution in [0.15, 0.2) is 12.2 Å². The first-order valence-corrected chi connectivity index (χ1v) is 18.2. The number of carbonyl (C=O) groups excluding carboxylic acids is 1. The number of aliphatic carboxylic acids is 1. The number of hydrogen-bond donors (Lipinski definition) is 1. The summed E-state index contributed by atoms with van der Waals surface area (Å²) < 4.78 is 5.92. The first-order valence-electron chi connectivity index (χ1n) is 18.2. The Labute approximate surface area is 255 Å². The Morgan fingerprint density at radius 2 is 0.902 bits per heavy atom. The van der Waals surface area contributed by atoms with Crippen LogP contribution in [0, 0.1) is 0 Å². The predicted octanol–water partition coefficient (Wildman–Crippen LogP) is 12.3. The van der Waals surface area contributed by atoms with Crippen LogP contribution in [0.25, 0.3) is 0 Å². The zero-order valence-electron chi connectivity index (χ0n) is 27.6. The summed E-state index contributed by atoms with van der Waals surface area (Å²) in [5, 5.41) is 8.87. The third-order valence-corrected chi connectivity index (χ3v) is 8.24. The Kier molecular flexibility index (Phi) is 32.1. The van der Waals surface area contributed by atoms with E-state index in [2.05, 4.69) is 26.0 Å². The zero-order valence-corrected chi connectivity index (χ0v) is 27.6. The third-order valence-electron chi connectivity index (χ3n) is 8.24. The maximum Gasteiger partial charge on any atom is 0.306 e. The highest BCUT2D eigenvalue weighted by atomic mass is 16.5. The molecular formula is C37H70O4. The standard InChI is InChI=1S/C37H70O4/c1-3-5-7-9-11-13-15-17-18-20-22-24-27-31-35(32-28-26-29-33-36(38)39)41-37(40)34-30-25-23-21-19-16-14-12-10-8-6-4-2/h10,12,35H,3-9,11,13-34H2,1-2H3,(H,38,39)/b12-10-. The SMILES string of the molecule is CCCC/C=C\CCCCCCCCC(=O)OC(CCCCCCCCCCCCCCC)CCCCCC(=O)O. The maximum absolute atomic E-state index is 12.5. The molecule has 0 aromatic heterocycles. The highest BCUT2D eigenvalue weighted by Gasteiger charge is 2.14. The van der Waals surface area contributed by atoms with E-state index in [0.717, 1.165) is 44.9 Å². The van der Waals surface area contributed by atoms with Crippen LogP contribution < -0.4 is 0 Å². The van der Waals surface area contributed by atoms with Crippen molar-refractivity contribution in [3.8, 4) is 0 Å². The minimum atomic E-state index is -0.723. The molecular weight excluding hydrogens is 508 g/mol. The Bertz CT molecular complexity index is 585. The number of esters is 1. The molecule has 0 aliphatic carbocycles. The van der Waals surface area contributed by atoms with Crippen molar-refractivity contribution in [1.82, 2.24) is 0 Å². The molecule has 1 atom stereocenters. The van der Waals surface area contributed by atoms with Gasteiger partial charge in [-0.3, -0.25) is 9.59 Å². The van der Waals surface area contributed by atoms with Crippen molar-refractivity contribution in [3.05, 3.63) is 12.2 Å². The van der Waals surface area contributed by atoms with Crippen LogP contribution in [-0.4, -0.2) is 23.1 Å². The molecule has 4 nitrogen and oxygen atoms in total. The highest BCUT2D eigenvalue weighted by molar-refractivity contribution is 5.69. The molecule has 0 aromatic carbocycles. The first kappa shape index (κ1) is 39.7. The summed E-state index contributed by atoms with van der Waals surface area (Å²) in [4.78, 5) is 23.3. The largest absolute Gasteiger partial charge is 0.481 e. The number of carboxylic acids is 1. The average Bonchev–Trinajstić information content (AvgIpc) is 2.95. The van der Waals surface area contributed by atoms with Crippen LogP contribution >= 0.6 is 0 Å². The predicted molar refractivity (Wildman–Crippen MR) is 177 cm³/mol. The zero-order chi connectivity index (χ0) is 30.1. The molecule has 0 spiro atoms. The van der Waals surface area contributed by atoms with E-state index in [0.29, 0.717) is 12.8 Å². The topological polar surface area (TPSA) is 63.6 Å². The van der Waals surface area contributed by atoms with E-state index >= 15 is 0 Å². The average molecular weight is 579 g/mol. The number of ether oxygens (including phenoxy) is 1. The number of carbonyl (C=O) groups is 2. The lowest BCUT2D eigenvalue weighted by molar-refractivity contribution is -0.150. The van der Waals surface area contributed by atoms with Gasteiger partial charge in [0, 0.05) is 12.8 Å². The number of allylic oxidation sites excluding steroid dienone is 2. The molecule has 41 heavy (non-hydrogen) atoms. The molecule has 0 rings (SSSR count). The van der Waals surface area contributed by atoms with Gasteiger partial charge in [0.1, 0.15) is 6.10 Å². The third kappa shape index (κ3) is 33.1. The smallest absolute Gasteiger partial charge is 0.306 e. The fourth-order valence-electron chi connectivity index (χ4n) is 5.52. The van der Waals surface area contributed by atoms with Gasteiger partial charge in [-0.05, 0) is 57.8 Å². The van der Waals surface area contributed by atoms with Gasteiger partial charge in [-0.25, -0.2) is 0 Å². The fraction of sp³-hybridized carbons (Fsp3) is 0.892. The van der Waals surface area contributed by atoms with E-state index in [1.807, 2.05) is 0 Å². The van der Waals surface area contributed by atoms with Gasteiger partial charge in [-0.15, -0.1) is 0 Å². The highest BCUT2D eigenvalue weighted by Crippen LogP contribution is 2.19. The van der Waals surface area contributed by atoms with Gasteiger partial charge in [-0.2, -0.15) is 0 Å². The molecule has 0 amide bonds. The molecule has 242 valence electrons. The van der Waals surface area contributed by atoms with Crippen LogP contribution in [0.2, 0.25) is 0 Å². The number of hydrogen-bond acceptors (Lipinski definition) is 3. The molecule has 1 N–H and O–H groups in total. The summed E-state index contributed by atoms with van der Waals surface area (Å²) in [5.41, 5.74) is 0. The van der Waals surface area contributed by atoms with Crippen molar-refractivity contribution in [1.29, 1.82) is 0 Å². The van der Waals surface area contributed by atoms with E-state index < -0.39 is 5.97 Å². The minimum Gasteiger partial charge on any atom is -0.481 e. The quantitative estimate of drug-likeness (QED) is 0.0478. The van der Waals surface area contributed by atoms with Gasteiger partial charge in [0.2, 0.25) is 0 Å². The summed E-state index contributed by atoms with van der Waals surface area (Å²) in [6.07, 6.45) is 39.3. The monoisotopic (exact) mass is 579 g/mol. The lowest BCUT2D eigenvalue weighted by Crippen LogP contribution is -2.18. The van der Waals surface area contributed by atoms with Crippen molar-refractivity contribution in [2.24, 2.45) is 0 Å². The maximum atomic E-state index is 12.5. The fourth-order valence-corrected chi connectivity index (χ4v) is 5.52. The van der Waals surface area contributed by atoms with E-state index in [4.69, 9.17) is 9.84 Å². The summed E-state index contributed by atoms with van der Waals surface area (Å²) in [6.45, 7) is 4.51. The molecule has 1 unspecified atom stereocenters. The molecule has 0 bridgehead atoms. The Morgan fingerprint density at radius 3 is 1.41 bits per heavy atom. The van der Waals surface area contributed by atoms with Gasteiger partial charge >= 0.3 is 11.9 Å². The van der Waals surface area contributed by atoms with E-state index in [9.17, 15) is 9.59 Å². The number of unbranched alkanes of at least 4 members (excludes halogenated alkanes) is 22. The summed E-state index contributed by atoms with van der Waals surface area (Å²) >= 11 is 0. The number of carboxylic acid groups (broad SMARTS) is 1. The van der Waals surface area contributed by atoms with Gasteiger partial charge in [-0.1, -0.05) is 148 Å². The van der Waals surface area contributed by atoms with Crippen LogP contribution in [0.4, 0.5) is 0 Å². The summed E-state index contributed by atoms with van der Waals surface area (Å²) in [6, 6.07) is 0. The molecule has 0 fully saturated rings. The Hall–Kier alpha value is -1.32. The van der Waals surface area contributed by atoms with Crippen LogP contribution in [0.3, 0.4) is 0 Å². The molecule has 0 saturated heterocycles. The molecule has 0 aliphatic heterocycles. The Balaban J connectivity index is 3.96. The van der Waals surface area contributed by atoms with E-state index in [-0.39, 0.29) is 18.5 Å².